The van der Waals surface area contributed by atoms with Crippen LogP contribution in [0.5, 0.6) is 0 Å². The van der Waals surface area contributed by atoms with Crippen molar-refractivity contribution in [2.45, 2.75) is 37.0 Å². The summed E-state index contributed by atoms with van der Waals surface area (Å²) in [5.74, 6) is -0.922. The third-order valence-electron chi connectivity index (χ3n) is 4.96. The highest BCUT2D eigenvalue weighted by Crippen LogP contribution is 2.36. The summed E-state index contributed by atoms with van der Waals surface area (Å²) in [7, 11) is -4.46. The molecule has 0 fully saturated rings. The van der Waals surface area contributed by atoms with Gasteiger partial charge in [-0.25, -0.2) is 17.9 Å². The van der Waals surface area contributed by atoms with E-state index >= 15 is 0 Å². The molecule has 3 rings (SSSR count). The Morgan fingerprint density at radius 3 is 2.41 bits per heavy atom. The zero-order valence-corrected chi connectivity index (χ0v) is 17.3. The van der Waals surface area contributed by atoms with Crippen molar-refractivity contribution in [3.63, 3.8) is 0 Å². The fourth-order valence-corrected chi connectivity index (χ4v) is 4.23. The number of carbonyl (C=O) groups is 1. The number of rotatable bonds is 5. The SMILES string of the molecule is COC(=O)c1cc(CC2=CCC3=C[C@@H](NS(=O)(=O)C(F)(F)F)CC3=C2)cc(C(F)(F)F)c1. The van der Waals surface area contributed by atoms with Crippen molar-refractivity contribution in [2.24, 2.45) is 0 Å². The molecule has 2 aliphatic carbocycles. The molecule has 0 bridgehead atoms. The van der Waals surface area contributed by atoms with E-state index < -0.39 is 39.3 Å². The molecular weight excluding hydrogens is 464 g/mol. The van der Waals surface area contributed by atoms with Crippen LogP contribution < -0.4 is 4.72 Å². The molecule has 1 atom stereocenters. The van der Waals surface area contributed by atoms with Crippen LogP contribution in [0.15, 0.2) is 53.1 Å². The molecule has 0 saturated heterocycles. The summed E-state index contributed by atoms with van der Waals surface area (Å²) in [6.07, 6.45) is 0.309. The average Bonchev–Trinajstić information content (AvgIpc) is 3.06. The lowest BCUT2D eigenvalue weighted by Gasteiger charge is -2.16. The third kappa shape index (κ3) is 5.23. The van der Waals surface area contributed by atoms with Crippen LogP contribution in [0.2, 0.25) is 0 Å². The normalized spacial score (nSPS) is 19.1. The molecule has 0 heterocycles. The molecule has 0 aliphatic heterocycles. The first-order chi connectivity index (χ1) is 14.7. The molecule has 32 heavy (non-hydrogen) atoms. The smallest absolute Gasteiger partial charge is 0.465 e. The second-order valence-corrected chi connectivity index (χ2v) is 9.01. The number of allylic oxidation sites excluding steroid dienone is 4. The van der Waals surface area contributed by atoms with Crippen LogP contribution in [-0.2, 0) is 27.4 Å². The highest BCUT2D eigenvalue weighted by atomic mass is 32.2. The van der Waals surface area contributed by atoms with Crippen LogP contribution >= 0.6 is 0 Å². The number of esters is 1. The van der Waals surface area contributed by atoms with Gasteiger partial charge in [-0.15, -0.1) is 0 Å². The maximum atomic E-state index is 13.2. The molecule has 2 aliphatic rings. The molecule has 174 valence electrons. The minimum absolute atomic E-state index is 0.0159. The Morgan fingerprint density at radius 1 is 1.12 bits per heavy atom. The van der Waals surface area contributed by atoms with E-state index in [1.807, 2.05) is 0 Å². The van der Waals surface area contributed by atoms with Gasteiger partial charge in [0.1, 0.15) is 0 Å². The van der Waals surface area contributed by atoms with Crippen LogP contribution in [-0.4, -0.2) is 33.0 Å². The van der Waals surface area contributed by atoms with Crippen molar-refractivity contribution >= 4 is 16.0 Å². The molecule has 1 aromatic carbocycles. The molecule has 0 spiro atoms. The largest absolute Gasteiger partial charge is 0.511 e. The van der Waals surface area contributed by atoms with Gasteiger partial charge in [0.25, 0.3) is 0 Å². The van der Waals surface area contributed by atoms with Crippen LogP contribution in [0.4, 0.5) is 26.3 Å². The van der Waals surface area contributed by atoms with E-state index in [1.54, 1.807) is 16.9 Å². The first-order valence-electron chi connectivity index (χ1n) is 9.18. The maximum absolute atomic E-state index is 13.2. The number of nitrogens with one attached hydrogen (secondary N) is 1. The summed E-state index contributed by atoms with van der Waals surface area (Å²) in [5, 5.41) is 0. The maximum Gasteiger partial charge on any atom is 0.511 e. The predicted molar refractivity (Wildman–Crippen MR) is 102 cm³/mol. The number of methoxy groups -OCH3 is 1. The van der Waals surface area contributed by atoms with E-state index in [4.69, 9.17) is 0 Å². The fraction of sp³-hybridized carbons (Fsp3) is 0.350. The van der Waals surface area contributed by atoms with Crippen LogP contribution in [0.3, 0.4) is 0 Å². The minimum Gasteiger partial charge on any atom is -0.465 e. The summed E-state index contributed by atoms with van der Waals surface area (Å²) in [6.45, 7) is 0. The average molecular weight is 481 g/mol. The zero-order chi connectivity index (χ0) is 23.9. The topological polar surface area (TPSA) is 72.5 Å². The van der Waals surface area contributed by atoms with Gasteiger partial charge in [-0.1, -0.05) is 18.2 Å². The number of sulfonamides is 1. The van der Waals surface area contributed by atoms with Gasteiger partial charge >= 0.3 is 27.7 Å². The summed E-state index contributed by atoms with van der Waals surface area (Å²) in [5.41, 5.74) is -4.68. The molecule has 0 aromatic heterocycles. The number of carbonyl (C=O) groups excluding carboxylic acids is 1. The van der Waals surface area contributed by atoms with Gasteiger partial charge in [0.05, 0.1) is 18.2 Å². The van der Waals surface area contributed by atoms with Crippen LogP contribution in [0, 0.1) is 0 Å². The Labute approximate surface area is 179 Å². The fourth-order valence-electron chi connectivity index (χ4n) is 3.55. The summed E-state index contributed by atoms with van der Waals surface area (Å²) < 4.78 is 106. The van der Waals surface area contributed by atoms with E-state index in [0.717, 1.165) is 13.2 Å². The van der Waals surface area contributed by atoms with Gasteiger partial charge < -0.3 is 4.74 Å². The highest BCUT2D eigenvalue weighted by molar-refractivity contribution is 7.90. The minimum atomic E-state index is -5.51. The number of benzene rings is 1. The number of hydrogen-bond acceptors (Lipinski definition) is 4. The van der Waals surface area contributed by atoms with Crippen LogP contribution in [0.1, 0.15) is 34.3 Å². The Bertz CT molecular complexity index is 1130. The van der Waals surface area contributed by atoms with Crippen molar-refractivity contribution in [3.05, 3.63) is 69.8 Å². The van der Waals surface area contributed by atoms with Crippen molar-refractivity contribution in [2.75, 3.05) is 7.11 Å². The lowest BCUT2D eigenvalue weighted by atomic mass is 9.91. The molecule has 0 amide bonds. The van der Waals surface area contributed by atoms with Crippen molar-refractivity contribution in [3.8, 4) is 0 Å². The van der Waals surface area contributed by atoms with Crippen molar-refractivity contribution < 1.29 is 44.3 Å². The molecule has 5 nitrogen and oxygen atoms in total. The first kappa shape index (κ1) is 24.1. The predicted octanol–water partition coefficient (Wildman–Crippen LogP) is 4.43. The van der Waals surface area contributed by atoms with Crippen molar-refractivity contribution in [1.29, 1.82) is 0 Å². The second kappa shape index (κ2) is 8.39. The summed E-state index contributed by atoms with van der Waals surface area (Å²) in [6, 6.07) is 1.81. The van der Waals surface area contributed by atoms with Gasteiger partial charge in [-0.05, 0) is 59.7 Å². The van der Waals surface area contributed by atoms with Gasteiger partial charge in [0.2, 0.25) is 0 Å². The Balaban J connectivity index is 1.80. The Hall–Kier alpha value is -2.60. The molecule has 12 heteroatoms. The van der Waals surface area contributed by atoms with E-state index in [9.17, 15) is 39.6 Å². The second-order valence-electron chi connectivity index (χ2n) is 7.31. The van der Waals surface area contributed by atoms with Gasteiger partial charge in [0, 0.05) is 6.04 Å². The van der Waals surface area contributed by atoms with Gasteiger partial charge in [-0.2, -0.15) is 26.3 Å². The van der Waals surface area contributed by atoms with E-state index in [-0.39, 0.29) is 30.4 Å². The standard InChI is InChI=1S/C20H17F6NO4S/c1-31-18(28)15-6-12(7-16(8-15)19(21,22)23)4-11-2-3-13-9-17(10-14(13)5-11)27-32(29,30)20(24,25)26/h2,5-9,17,27H,3-4,10H2,1H3/t17-/m1/s1. The number of hydrogen-bond donors (Lipinski definition) is 1. The molecular formula is C20H17F6NO4S. The van der Waals surface area contributed by atoms with E-state index in [2.05, 4.69) is 4.74 Å². The van der Waals surface area contributed by atoms with Crippen LogP contribution in [0.25, 0.3) is 0 Å². The number of ether oxygens (including phenoxy) is 1. The third-order valence-corrected chi connectivity index (χ3v) is 6.18. The highest BCUT2D eigenvalue weighted by Gasteiger charge is 2.47. The first-order valence-corrected chi connectivity index (χ1v) is 10.7. The Morgan fingerprint density at radius 2 is 1.81 bits per heavy atom. The van der Waals surface area contributed by atoms with Gasteiger partial charge in [0.15, 0.2) is 0 Å². The summed E-state index contributed by atoms with van der Waals surface area (Å²) >= 11 is 0. The van der Waals surface area contributed by atoms with Crippen molar-refractivity contribution in [1.82, 2.24) is 4.72 Å². The lowest BCUT2D eigenvalue weighted by Crippen LogP contribution is -2.41. The molecule has 1 aromatic rings. The quantitative estimate of drug-likeness (QED) is 0.499. The Kier molecular flexibility index (Phi) is 6.31. The molecule has 0 unspecified atom stereocenters. The summed E-state index contributed by atoms with van der Waals surface area (Å²) in [4.78, 5) is 11.7. The molecule has 0 saturated carbocycles. The molecule has 0 radical (unpaired) electrons. The number of alkyl halides is 6. The number of halogens is 6. The zero-order valence-electron chi connectivity index (χ0n) is 16.5. The lowest BCUT2D eigenvalue weighted by molar-refractivity contribution is -0.137. The molecule has 1 N–H and O–H groups in total. The van der Waals surface area contributed by atoms with Gasteiger partial charge in [-0.3, -0.25) is 0 Å². The van der Waals surface area contributed by atoms with E-state index in [0.29, 0.717) is 22.8 Å². The monoisotopic (exact) mass is 481 g/mol. The van der Waals surface area contributed by atoms with E-state index in [1.165, 1.54) is 12.1 Å². The number of fused-ring (bicyclic) bond motifs is 1.